The molecule has 4 aromatic rings. The molecule has 1 N–H and O–H groups in total. The van der Waals surface area contributed by atoms with E-state index in [1.807, 2.05) is 79.7 Å². The number of benzene rings is 3. The number of hydrogen-bond donors (Lipinski definition) is 1. The van der Waals surface area contributed by atoms with Crippen molar-refractivity contribution in [1.29, 1.82) is 0 Å². The number of fused-ring (bicyclic) bond motifs is 1. The van der Waals surface area contributed by atoms with Crippen LogP contribution in [0.2, 0.25) is 0 Å². The van der Waals surface area contributed by atoms with Crippen molar-refractivity contribution in [2.75, 3.05) is 62.4 Å². The fourth-order valence-corrected chi connectivity index (χ4v) is 4.25. The van der Waals surface area contributed by atoms with Gasteiger partial charge in [-0.3, -0.25) is 4.79 Å². The average Bonchev–Trinajstić information content (AvgIpc) is 2.93. The largest absolute Gasteiger partial charge is 0.360 e. The van der Waals surface area contributed by atoms with Crippen molar-refractivity contribution in [1.82, 2.24) is 14.9 Å². The Morgan fingerprint density at radius 1 is 0.757 bits per heavy atom. The highest BCUT2D eigenvalue weighted by molar-refractivity contribution is 6.05. The van der Waals surface area contributed by atoms with E-state index in [0.29, 0.717) is 11.3 Å². The molecule has 0 saturated heterocycles. The van der Waals surface area contributed by atoms with Gasteiger partial charge in [-0.25, -0.2) is 9.97 Å². The predicted molar refractivity (Wildman–Crippen MR) is 155 cm³/mol. The van der Waals surface area contributed by atoms with E-state index < -0.39 is 0 Å². The van der Waals surface area contributed by atoms with Crippen LogP contribution >= 0.6 is 0 Å². The molecule has 0 unspecified atom stereocenters. The Morgan fingerprint density at radius 2 is 1.41 bits per heavy atom. The monoisotopic (exact) mass is 496 g/mol. The zero-order valence-corrected chi connectivity index (χ0v) is 22.4. The Balaban J connectivity index is 1.52. The summed E-state index contributed by atoms with van der Waals surface area (Å²) in [6, 6.07) is 23.4. The van der Waals surface area contributed by atoms with Gasteiger partial charge in [0, 0.05) is 45.5 Å². The van der Waals surface area contributed by atoms with Crippen molar-refractivity contribution >= 4 is 34.3 Å². The molecular formula is C30H36N6O. The normalized spacial score (nSPS) is 11.1. The summed E-state index contributed by atoms with van der Waals surface area (Å²) in [5.41, 5.74) is 5.02. The van der Waals surface area contributed by atoms with Crippen LogP contribution in [-0.2, 0) is 0 Å². The number of amides is 1. The van der Waals surface area contributed by atoms with E-state index in [-0.39, 0.29) is 5.91 Å². The van der Waals surface area contributed by atoms with Gasteiger partial charge < -0.3 is 20.0 Å². The summed E-state index contributed by atoms with van der Waals surface area (Å²) in [5.74, 6) is 1.49. The van der Waals surface area contributed by atoms with Crippen LogP contribution in [0.25, 0.3) is 22.2 Å². The number of rotatable bonds is 10. The van der Waals surface area contributed by atoms with Crippen LogP contribution in [0.3, 0.4) is 0 Å². The van der Waals surface area contributed by atoms with Crippen molar-refractivity contribution in [2.24, 2.45) is 0 Å². The molecule has 0 atom stereocenters. The minimum atomic E-state index is -0.160. The SMILES string of the molecule is CCN(CC)CCN(C)c1nc2ccc(NC(=O)c3ccc(-c4ccccc4)cc3)cc2nc1N(C)C. The van der Waals surface area contributed by atoms with Gasteiger partial charge in [-0.15, -0.1) is 0 Å². The predicted octanol–water partition coefficient (Wildman–Crippen LogP) is 5.39. The lowest BCUT2D eigenvalue weighted by Gasteiger charge is -2.27. The number of likely N-dealkylation sites (N-methyl/N-ethyl adjacent to an activating group) is 2. The summed E-state index contributed by atoms with van der Waals surface area (Å²) in [4.78, 5) is 29.3. The highest BCUT2D eigenvalue weighted by Gasteiger charge is 2.16. The third-order valence-electron chi connectivity index (χ3n) is 6.57. The highest BCUT2D eigenvalue weighted by atomic mass is 16.1. The lowest BCUT2D eigenvalue weighted by Crippen LogP contribution is -2.34. The number of carbonyl (C=O) groups is 1. The fraction of sp³-hybridized carbons (Fsp3) is 0.300. The van der Waals surface area contributed by atoms with Crippen molar-refractivity contribution < 1.29 is 4.79 Å². The molecule has 0 aliphatic rings. The molecule has 3 aromatic carbocycles. The van der Waals surface area contributed by atoms with Crippen molar-refractivity contribution in [3.63, 3.8) is 0 Å². The van der Waals surface area contributed by atoms with Gasteiger partial charge in [0.05, 0.1) is 11.0 Å². The Labute approximate surface area is 219 Å². The van der Waals surface area contributed by atoms with Crippen LogP contribution in [0.15, 0.2) is 72.8 Å². The molecule has 4 rings (SSSR count). The van der Waals surface area contributed by atoms with E-state index >= 15 is 0 Å². The van der Waals surface area contributed by atoms with E-state index in [1.54, 1.807) is 0 Å². The van der Waals surface area contributed by atoms with Crippen molar-refractivity contribution in [3.05, 3.63) is 78.4 Å². The van der Waals surface area contributed by atoms with Crippen LogP contribution in [0.5, 0.6) is 0 Å². The Morgan fingerprint density at radius 3 is 2.05 bits per heavy atom. The maximum atomic E-state index is 12.9. The minimum absolute atomic E-state index is 0.160. The molecule has 1 heterocycles. The lowest BCUT2D eigenvalue weighted by molar-refractivity contribution is 0.102. The van der Waals surface area contributed by atoms with Crippen molar-refractivity contribution in [3.8, 4) is 11.1 Å². The summed E-state index contributed by atoms with van der Waals surface area (Å²) >= 11 is 0. The molecule has 1 amide bonds. The number of anilines is 3. The Kier molecular flexibility index (Phi) is 8.36. The zero-order chi connectivity index (χ0) is 26.4. The van der Waals surface area contributed by atoms with E-state index in [2.05, 4.69) is 48.1 Å². The molecule has 0 saturated carbocycles. The van der Waals surface area contributed by atoms with Gasteiger partial charge in [0.15, 0.2) is 11.6 Å². The van der Waals surface area contributed by atoms with E-state index in [1.165, 1.54) is 0 Å². The second-order valence-corrected chi connectivity index (χ2v) is 9.31. The second-order valence-electron chi connectivity index (χ2n) is 9.31. The van der Waals surface area contributed by atoms with Gasteiger partial charge in [0.2, 0.25) is 0 Å². The summed E-state index contributed by atoms with van der Waals surface area (Å²) < 4.78 is 0. The first kappa shape index (κ1) is 26.1. The molecule has 0 spiro atoms. The maximum Gasteiger partial charge on any atom is 0.255 e. The number of aromatic nitrogens is 2. The first-order chi connectivity index (χ1) is 17.9. The van der Waals surface area contributed by atoms with Crippen LogP contribution in [0.4, 0.5) is 17.3 Å². The molecular weight excluding hydrogens is 460 g/mol. The molecule has 37 heavy (non-hydrogen) atoms. The third kappa shape index (κ3) is 6.24. The lowest BCUT2D eigenvalue weighted by atomic mass is 10.0. The smallest absolute Gasteiger partial charge is 0.255 e. The number of nitrogens with one attached hydrogen (secondary N) is 1. The van der Waals surface area contributed by atoms with Crippen LogP contribution in [0, 0.1) is 0 Å². The first-order valence-corrected chi connectivity index (χ1v) is 12.8. The molecule has 7 nitrogen and oxygen atoms in total. The zero-order valence-electron chi connectivity index (χ0n) is 22.4. The molecule has 0 aliphatic carbocycles. The summed E-state index contributed by atoms with van der Waals surface area (Å²) in [5, 5.41) is 3.01. The summed E-state index contributed by atoms with van der Waals surface area (Å²) in [6.07, 6.45) is 0. The molecule has 0 aliphatic heterocycles. The number of carbonyl (C=O) groups excluding carboxylic acids is 1. The van der Waals surface area contributed by atoms with E-state index in [0.717, 1.165) is 60.0 Å². The number of hydrogen-bond acceptors (Lipinski definition) is 6. The maximum absolute atomic E-state index is 12.9. The van der Waals surface area contributed by atoms with E-state index in [9.17, 15) is 4.79 Å². The number of nitrogens with zero attached hydrogens (tertiary/aromatic N) is 5. The molecule has 192 valence electrons. The first-order valence-electron chi connectivity index (χ1n) is 12.8. The third-order valence-corrected chi connectivity index (χ3v) is 6.57. The second kappa shape index (κ2) is 11.8. The fourth-order valence-electron chi connectivity index (χ4n) is 4.25. The average molecular weight is 497 g/mol. The molecule has 7 heteroatoms. The Hall–Kier alpha value is -3.97. The van der Waals surface area contributed by atoms with E-state index in [4.69, 9.17) is 9.97 Å². The highest BCUT2D eigenvalue weighted by Crippen LogP contribution is 2.28. The minimum Gasteiger partial charge on any atom is -0.360 e. The van der Waals surface area contributed by atoms with Gasteiger partial charge >= 0.3 is 0 Å². The van der Waals surface area contributed by atoms with Gasteiger partial charge in [-0.1, -0.05) is 56.3 Å². The molecule has 0 bridgehead atoms. The summed E-state index contributed by atoms with van der Waals surface area (Å²) in [6.45, 7) is 8.24. The van der Waals surface area contributed by atoms with Crippen LogP contribution < -0.4 is 15.1 Å². The standard InChI is InChI=1S/C30H36N6O/c1-6-36(7-2)20-19-35(5)29-28(34(3)4)33-27-21-25(17-18-26(27)32-29)31-30(37)24-15-13-23(14-16-24)22-11-9-8-10-12-22/h8-18,21H,6-7,19-20H2,1-5H3,(H,31,37). The summed E-state index contributed by atoms with van der Waals surface area (Å²) in [7, 11) is 6.01. The molecule has 0 fully saturated rings. The quantitative estimate of drug-likeness (QED) is 0.317. The van der Waals surface area contributed by atoms with Crippen LogP contribution in [-0.4, -0.2) is 68.1 Å². The Bertz CT molecular complexity index is 1330. The topological polar surface area (TPSA) is 64.6 Å². The molecule has 1 aromatic heterocycles. The van der Waals surface area contributed by atoms with Gasteiger partial charge in [0.1, 0.15) is 0 Å². The van der Waals surface area contributed by atoms with Gasteiger partial charge in [-0.2, -0.15) is 0 Å². The van der Waals surface area contributed by atoms with Crippen LogP contribution in [0.1, 0.15) is 24.2 Å². The molecule has 0 radical (unpaired) electrons. The van der Waals surface area contributed by atoms with Gasteiger partial charge in [-0.05, 0) is 54.5 Å². The van der Waals surface area contributed by atoms with Crippen molar-refractivity contribution in [2.45, 2.75) is 13.8 Å². The van der Waals surface area contributed by atoms with Gasteiger partial charge in [0.25, 0.3) is 5.91 Å².